The minimum absolute atomic E-state index is 0.0670. The molecule has 2 unspecified atom stereocenters. The van der Waals surface area contributed by atoms with Crippen LogP contribution in [0.25, 0.3) is 0 Å². The normalized spacial score (nSPS) is 13.0. The lowest BCUT2D eigenvalue weighted by Crippen LogP contribution is -2.23. The summed E-state index contributed by atoms with van der Waals surface area (Å²) >= 11 is 0. The second-order valence-electron chi connectivity index (χ2n) is 6.73. The van der Waals surface area contributed by atoms with Gasteiger partial charge in [-0.3, -0.25) is 0 Å². The molecule has 0 bridgehead atoms. The Morgan fingerprint density at radius 3 is 2.37 bits per heavy atom. The smallest absolute Gasteiger partial charge is 0.123 e. The van der Waals surface area contributed by atoms with Crippen LogP contribution in [0.1, 0.15) is 45.6 Å². The Morgan fingerprint density at radius 1 is 0.926 bits per heavy atom. The third-order valence-corrected chi connectivity index (χ3v) is 4.54. The summed E-state index contributed by atoms with van der Waals surface area (Å²) in [7, 11) is 0. The molecule has 0 aromatic heterocycles. The maximum Gasteiger partial charge on any atom is 0.123 e. The fraction of sp³-hybridized carbons (Fsp3) is 0.478. The van der Waals surface area contributed by atoms with E-state index in [1.54, 1.807) is 0 Å². The molecule has 27 heavy (non-hydrogen) atoms. The Labute approximate surface area is 163 Å². The molecule has 0 saturated heterocycles. The molecule has 148 valence electrons. The lowest BCUT2D eigenvalue weighted by molar-refractivity contribution is 0.110. The van der Waals surface area contributed by atoms with Gasteiger partial charge in [-0.15, -0.1) is 0 Å². The average Bonchev–Trinajstić information content (AvgIpc) is 2.70. The highest BCUT2D eigenvalue weighted by Gasteiger charge is 2.12. The lowest BCUT2D eigenvalue weighted by Gasteiger charge is -2.20. The second kappa shape index (κ2) is 11.5. The van der Waals surface area contributed by atoms with E-state index in [1.807, 2.05) is 37.3 Å². The van der Waals surface area contributed by atoms with E-state index in [4.69, 9.17) is 14.2 Å². The van der Waals surface area contributed by atoms with Crippen LogP contribution >= 0.6 is 0 Å². The molecule has 0 heterocycles. The first-order valence-corrected chi connectivity index (χ1v) is 9.94. The number of benzene rings is 2. The predicted molar refractivity (Wildman–Crippen MR) is 112 cm³/mol. The van der Waals surface area contributed by atoms with E-state index in [0.717, 1.165) is 30.2 Å². The van der Waals surface area contributed by atoms with E-state index in [1.165, 1.54) is 5.56 Å². The fourth-order valence-electron chi connectivity index (χ4n) is 2.77. The summed E-state index contributed by atoms with van der Waals surface area (Å²) < 4.78 is 17.1. The quantitative estimate of drug-likeness (QED) is 0.501. The van der Waals surface area contributed by atoms with Gasteiger partial charge in [-0.2, -0.15) is 0 Å². The van der Waals surface area contributed by atoms with Crippen LogP contribution in [0.4, 0.5) is 5.69 Å². The standard InChI is InChI=1S/C23H33NO3/c1-5-18(3)22-9-7-8-10-23(22)27-19(4)17-24-20-11-13-21(14-12-20)26-16-15-25-6-2/h7-14,18-19,24H,5-6,15-17H2,1-4H3. The van der Waals surface area contributed by atoms with Gasteiger partial charge in [0.1, 0.15) is 24.2 Å². The summed E-state index contributed by atoms with van der Waals surface area (Å²) in [5.41, 5.74) is 2.33. The summed E-state index contributed by atoms with van der Waals surface area (Å²) in [4.78, 5) is 0. The third-order valence-electron chi connectivity index (χ3n) is 4.54. The summed E-state index contributed by atoms with van der Waals surface area (Å²) in [5.74, 6) is 2.34. The van der Waals surface area contributed by atoms with E-state index >= 15 is 0 Å². The maximum absolute atomic E-state index is 6.19. The largest absolute Gasteiger partial charge is 0.491 e. The average molecular weight is 372 g/mol. The molecule has 2 aromatic rings. The number of nitrogens with one attached hydrogen (secondary N) is 1. The number of ether oxygens (including phenoxy) is 3. The molecule has 4 nitrogen and oxygen atoms in total. The molecular formula is C23H33NO3. The van der Waals surface area contributed by atoms with E-state index in [-0.39, 0.29) is 6.10 Å². The zero-order chi connectivity index (χ0) is 19.5. The monoisotopic (exact) mass is 371 g/mol. The molecule has 2 aromatic carbocycles. The van der Waals surface area contributed by atoms with E-state index in [2.05, 4.69) is 44.3 Å². The highest BCUT2D eigenvalue weighted by molar-refractivity contribution is 5.46. The minimum atomic E-state index is 0.0670. The highest BCUT2D eigenvalue weighted by Crippen LogP contribution is 2.29. The minimum Gasteiger partial charge on any atom is -0.491 e. The molecule has 0 radical (unpaired) electrons. The second-order valence-corrected chi connectivity index (χ2v) is 6.73. The van der Waals surface area contributed by atoms with Crippen LogP contribution < -0.4 is 14.8 Å². The fourth-order valence-corrected chi connectivity index (χ4v) is 2.77. The summed E-state index contributed by atoms with van der Waals surface area (Å²) in [6.07, 6.45) is 1.17. The van der Waals surface area contributed by atoms with Crippen molar-refractivity contribution < 1.29 is 14.2 Å². The van der Waals surface area contributed by atoms with Gasteiger partial charge in [0, 0.05) is 12.3 Å². The molecule has 0 saturated carbocycles. The first kappa shape index (κ1) is 21.1. The van der Waals surface area contributed by atoms with Crippen molar-refractivity contribution in [1.82, 2.24) is 0 Å². The van der Waals surface area contributed by atoms with Crippen LogP contribution in [0.15, 0.2) is 48.5 Å². The van der Waals surface area contributed by atoms with Gasteiger partial charge < -0.3 is 19.5 Å². The Hall–Kier alpha value is -2.20. The Kier molecular flexibility index (Phi) is 8.99. The predicted octanol–water partition coefficient (Wildman–Crippen LogP) is 5.49. The van der Waals surface area contributed by atoms with Crippen molar-refractivity contribution in [3.63, 3.8) is 0 Å². The Morgan fingerprint density at radius 2 is 1.67 bits per heavy atom. The molecule has 0 aliphatic rings. The molecule has 2 atom stereocenters. The van der Waals surface area contributed by atoms with Crippen molar-refractivity contribution in [3.05, 3.63) is 54.1 Å². The van der Waals surface area contributed by atoms with E-state index < -0.39 is 0 Å². The van der Waals surface area contributed by atoms with Gasteiger partial charge in [0.15, 0.2) is 0 Å². The van der Waals surface area contributed by atoms with E-state index in [9.17, 15) is 0 Å². The van der Waals surface area contributed by atoms with Crippen LogP contribution in [0.3, 0.4) is 0 Å². The van der Waals surface area contributed by atoms with Gasteiger partial charge in [-0.1, -0.05) is 32.0 Å². The summed E-state index contributed by atoms with van der Waals surface area (Å²) in [5, 5.41) is 3.43. The van der Waals surface area contributed by atoms with Gasteiger partial charge in [-0.25, -0.2) is 0 Å². The highest BCUT2D eigenvalue weighted by atomic mass is 16.5. The Bertz CT molecular complexity index is 657. The number of hydrogen-bond acceptors (Lipinski definition) is 4. The molecule has 0 aliphatic carbocycles. The number of para-hydroxylation sites is 1. The zero-order valence-corrected chi connectivity index (χ0v) is 17.0. The van der Waals surface area contributed by atoms with Crippen LogP contribution in [0.2, 0.25) is 0 Å². The van der Waals surface area contributed by atoms with Gasteiger partial charge in [0.25, 0.3) is 0 Å². The van der Waals surface area contributed by atoms with Gasteiger partial charge in [0.05, 0.1) is 13.2 Å². The SMILES string of the molecule is CCOCCOc1ccc(NCC(C)Oc2ccccc2C(C)CC)cc1. The first-order valence-electron chi connectivity index (χ1n) is 9.94. The first-order chi connectivity index (χ1) is 13.1. The van der Waals surface area contributed by atoms with Crippen molar-refractivity contribution in [3.8, 4) is 11.5 Å². The van der Waals surface area contributed by atoms with Crippen molar-refractivity contribution in [2.45, 2.75) is 46.1 Å². The third kappa shape index (κ3) is 7.14. The van der Waals surface area contributed by atoms with Crippen LogP contribution in [0, 0.1) is 0 Å². The maximum atomic E-state index is 6.19. The van der Waals surface area contributed by atoms with Crippen molar-refractivity contribution in [2.24, 2.45) is 0 Å². The number of hydrogen-bond donors (Lipinski definition) is 1. The van der Waals surface area contributed by atoms with Crippen molar-refractivity contribution in [2.75, 3.05) is 31.7 Å². The van der Waals surface area contributed by atoms with Gasteiger partial charge in [-0.05, 0) is 62.1 Å². The number of rotatable bonds is 12. The van der Waals surface area contributed by atoms with Crippen LogP contribution in [-0.2, 0) is 4.74 Å². The van der Waals surface area contributed by atoms with Crippen molar-refractivity contribution >= 4 is 5.69 Å². The number of anilines is 1. The zero-order valence-electron chi connectivity index (χ0n) is 17.0. The van der Waals surface area contributed by atoms with E-state index in [0.29, 0.717) is 25.7 Å². The molecule has 0 amide bonds. The molecule has 0 spiro atoms. The molecule has 4 heteroatoms. The molecule has 0 aliphatic heterocycles. The van der Waals surface area contributed by atoms with Crippen LogP contribution in [-0.4, -0.2) is 32.5 Å². The van der Waals surface area contributed by atoms with Gasteiger partial charge >= 0.3 is 0 Å². The summed E-state index contributed by atoms with van der Waals surface area (Å²) in [6, 6.07) is 16.3. The Balaban J connectivity index is 1.81. The molecule has 1 N–H and O–H groups in total. The van der Waals surface area contributed by atoms with Crippen molar-refractivity contribution in [1.29, 1.82) is 0 Å². The topological polar surface area (TPSA) is 39.7 Å². The van der Waals surface area contributed by atoms with Crippen LogP contribution in [0.5, 0.6) is 11.5 Å². The molecular weight excluding hydrogens is 338 g/mol. The molecule has 0 fully saturated rings. The lowest BCUT2D eigenvalue weighted by atomic mass is 9.98. The molecule has 2 rings (SSSR count). The van der Waals surface area contributed by atoms with Gasteiger partial charge in [0.2, 0.25) is 0 Å². The summed E-state index contributed by atoms with van der Waals surface area (Å²) in [6.45, 7) is 11.2.